The maximum absolute atomic E-state index is 11.9. The summed E-state index contributed by atoms with van der Waals surface area (Å²) in [5, 5.41) is 6.03. The summed E-state index contributed by atoms with van der Waals surface area (Å²) in [5.41, 5.74) is 1.09. The molecule has 0 saturated heterocycles. The van der Waals surface area contributed by atoms with Gasteiger partial charge in [-0.05, 0) is 36.8 Å². The molecule has 0 aliphatic rings. The third-order valence-corrected chi connectivity index (χ3v) is 3.57. The molecule has 128 valence electrons. The van der Waals surface area contributed by atoms with Crippen LogP contribution in [0, 0.1) is 0 Å². The van der Waals surface area contributed by atoms with E-state index in [2.05, 4.69) is 10.6 Å². The molecule has 5 heteroatoms. The van der Waals surface area contributed by atoms with Crippen molar-refractivity contribution in [3.8, 4) is 11.5 Å². The Kier molecular flexibility index (Phi) is 7.11. The first-order chi connectivity index (χ1) is 11.7. The lowest BCUT2D eigenvalue weighted by Crippen LogP contribution is -2.36. The van der Waals surface area contributed by atoms with Gasteiger partial charge in [0.05, 0.1) is 19.7 Å². The first-order valence-corrected chi connectivity index (χ1v) is 8.01. The predicted octanol–water partition coefficient (Wildman–Crippen LogP) is 2.54. The van der Waals surface area contributed by atoms with Crippen molar-refractivity contribution in [1.82, 2.24) is 10.6 Å². The molecule has 24 heavy (non-hydrogen) atoms. The summed E-state index contributed by atoms with van der Waals surface area (Å²) in [5.74, 6) is 1.54. The number of ether oxygens (including phenoxy) is 2. The number of nitrogens with one attached hydrogen (secondary N) is 2. The molecular weight excluding hydrogens is 304 g/mol. The van der Waals surface area contributed by atoms with Crippen LogP contribution in [0.5, 0.6) is 11.5 Å². The smallest absolute Gasteiger partial charge is 0.234 e. The minimum Gasteiger partial charge on any atom is -0.497 e. The molecular formula is C19H24N2O3. The molecule has 0 fully saturated rings. The van der Waals surface area contributed by atoms with Crippen LogP contribution >= 0.6 is 0 Å². The minimum atomic E-state index is -0.0317. The standard InChI is InChI=1S/C19H24N2O3/c1-15(16-6-4-3-5-7-16)21-19(22)14-20-12-13-24-18-10-8-17(23-2)9-11-18/h3-11,15,20H,12-14H2,1-2H3,(H,21,22). The van der Waals surface area contributed by atoms with E-state index < -0.39 is 0 Å². The van der Waals surface area contributed by atoms with E-state index in [1.54, 1.807) is 7.11 Å². The SMILES string of the molecule is COc1ccc(OCCNCC(=O)NC(C)c2ccccc2)cc1. The summed E-state index contributed by atoms with van der Waals surface area (Å²) in [6.45, 7) is 3.33. The fourth-order valence-electron chi connectivity index (χ4n) is 2.23. The number of benzene rings is 2. The van der Waals surface area contributed by atoms with Crippen molar-refractivity contribution in [1.29, 1.82) is 0 Å². The topological polar surface area (TPSA) is 59.6 Å². The number of hydrogen-bond acceptors (Lipinski definition) is 4. The Balaban J connectivity index is 1.60. The molecule has 1 unspecified atom stereocenters. The van der Waals surface area contributed by atoms with Gasteiger partial charge in [-0.3, -0.25) is 4.79 Å². The molecule has 1 amide bonds. The van der Waals surface area contributed by atoms with Crippen LogP contribution < -0.4 is 20.1 Å². The summed E-state index contributed by atoms with van der Waals surface area (Å²) in [7, 11) is 1.63. The zero-order valence-corrected chi connectivity index (χ0v) is 14.1. The Bertz CT molecular complexity index is 614. The van der Waals surface area contributed by atoms with Gasteiger partial charge in [0.25, 0.3) is 0 Å². The Morgan fingerprint density at radius 1 is 1.04 bits per heavy atom. The summed E-state index contributed by atoms with van der Waals surface area (Å²) in [4.78, 5) is 11.9. The first kappa shape index (κ1) is 17.8. The van der Waals surface area contributed by atoms with Gasteiger partial charge in [-0.2, -0.15) is 0 Å². The van der Waals surface area contributed by atoms with Crippen molar-refractivity contribution in [3.63, 3.8) is 0 Å². The van der Waals surface area contributed by atoms with Crippen molar-refractivity contribution >= 4 is 5.91 Å². The molecule has 2 N–H and O–H groups in total. The van der Waals surface area contributed by atoms with E-state index in [0.717, 1.165) is 17.1 Å². The zero-order chi connectivity index (χ0) is 17.2. The zero-order valence-electron chi connectivity index (χ0n) is 14.1. The number of rotatable bonds is 9. The highest BCUT2D eigenvalue weighted by atomic mass is 16.5. The number of amides is 1. The summed E-state index contributed by atoms with van der Waals surface area (Å²) >= 11 is 0. The number of carbonyl (C=O) groups is 1. The highest BCUT2D eigenvalue weighted by Gasteiger charge is 2.08. The normalized spacial score (nSPS) is 11.6. The summed E-state index contributed by atoms with van der Waals surface area (Å²) < 4.78 is 10.7. The maximum Gasteiger partial charge on any atom is 0.234 e. The molecule has 0 saturated carbocycles. The van der Waals surface area contributed by atoms with E-state index in [1.165, 1.54) is 0 Å². The van der Waals surface area contributed by atoms with Gasteiger partial charge in [0.2, 0.25) is 5.91 Å². The van der Waals surface area contributed by atoms with Gasteiger partial charge >= 0.3 is 0 Å². The van der Waals surface area contributed by atoms with Gasteiger partial charge in [-0.25, -0.2) is 0 Å². The van der Waals surface area contributed by atoms with Crippen molar-refractivity contribution in [2.75, 3.05) is 26.8 Å². The summed E-state index contributed by atoms with van der Waals surface area (Å²) in [6, 6.07) is 17.3. The van der Waals surface area contributed by atoms with Gasteiger partial charge in [0, 0.05) is 6.54 Å². The first-order valence-electron chi connectivity index (χ1n) is 8.01. The van der Waals surface area contributed by atoms with E-state index in [4.69, 9.17) is 9.47 Å². The van der Waals surface area contributed by atoms with Gasteiger partial charge in [-0.15, -0.1) is 0 Å². The average molecular weight is 328 g/mol. The highest BCUT2D eigenvalue weighted by Crippen LogP contribution is 2.16. The second-order valence-corrected chi connectivity index (χ2v) is 5.40. The molecule has 0 radical (unpaired) electrons. The minimum absolute atomic E-state index is 0.00366. The second-order valence-electron chi connectivity index (χ2n) is 5.40. The lowest BCUT2D eigenvalue weighted by molar-refractivity contribution is -0.120. The molecule has 2 aromatic carbocycles. The predicted molar refractivity (Wildman–Crippen MR) is 94.4 cm³/mol. The van der Waals surface area contributed by atoms with Crippen LogP contribution in [0.15, 0.2) is 54.6 Å². The molecule has 0 bridgehead atoms. The molecule has 0 aromatic heterocycles. The average Bonchev–Trinajstić information content (AvgIpc) is 2.62. The fourth-order valence-corrected chi connectivity index (χ4v) is 2.23. The maximum atomic E-state index is 11.9. The van der Waals surface area contributed by atoms with Gasteiger partial charge < -0.3 is 20.1 Å². The molecule has 0 spiro atoms. The largest absolute Gasteiger partial charge is 0.497 e. The summed E-state index contributed by atoms with van der Waals surface area (Å²) in [6.07, 6.45) is 0. The van der Waals surface area contributed by atoms with Crippen LogP contribution in [-0.2, 0) is 4.79 Å². The molecule has 2 rings (SSSR count). The number of hydrogen-bond donors (Lipinski definition) is 2. The lowest BCUT2D eigenvalue weighted by Gasteiger charge is -2.14. The van der Waals surface area contributed by atoms with Crippen molar-refractivity contribution < 1.29 is 14.3 Å². The van der Waals surface area contributed by atoms with Crippen LogP contribution in [0.1, 0.15) is 18.5 Å². The van der Waals surface area contributed by atoms with Crippen LogP contribution in [0.3, 0.4) is 0 Å². The number of methoxy groups -OCH3 is 1. The van der Waals surface area contributed by atoms with E-state index in [1.807, 2.05) is 61.5 Å². The molecule has 0 aliphatic carbocycles. The van der Waals surface area contributed by atoms with Crippen LogP contribution in [-0.4, -0.2) is 32.7 Å². The monoisotopic (exact) mass is 328 g/mol. The van der Waals surface area contributed by atoms with Gasteiger partial charge in [-0.1, -0.05) is 30.3 Å². The molecule has 5 nitrogen and oxygen atoms in total. The molecule has 0 heterocycles. The molecule has 1 atom stereocenters. The van der Waals surface area contributed by atoms with E-state index in [-0.39, 0.29) is 18.5 Å². The number of carbonyl (C=O) groups excluding carboxylic acids is 1. The Hall–Kier alpha value is -2.53. The second kappa shape index (κ2) is 9.57. The van der Waals surface area contributed by atoms with Gasteiger partial charge in [0.1, 0.15) is 18.1 Å². The van der Waals surface area contributed by atoms with Crippen molar-refractivity contribution in [3.05, 3.63) is 60.2 Å². The van der Waals surface area contributed by atoms with E-state index >= 15 is 0 Å². The fraction of sp³-hybridized carbons (Fsp3) is 0.316. The lowest BCUT2D eigenvalue weighted by atomic mass is 10.1. The van der Waals surface area contributed by atoms with Crippen LogP contribution in [0.4, 0.5) is 0 Å². The Morgan fingerprint density at radius 3 is 2.38 bits per heavy atom. The van der Waals surface area contributed by atoms with E-state index in [9.17, 15) is 4.79 Å². The highest BCUT2D eigenvalue weighted by molar-refractivity contribution is 5.78. The third kappa shape index (κ3) is 5.93. The van der Waals surface area contributed by atoms with Crippen LogP contribution in [0.25, 0.3) is 0 Å². The van der Waals surface area contributed by atoms with Crippen LogP contribution in [0.2, 0.25) is 0 Å². The van der Waals surface area contributed by atoms with Crippen molar-refractivity contribution in [2.24, 2.45) is 0 Å². The molecule has 2 aromatic rings. The quantitative estimate of drug-likeness (QED) is 0.695. The van der Waals surface area contributed by atoms with Crippen molar-refractivity contribution in [2.45, 2.75) is 13.0 Å². The van der Waals surface area contributed by atoms with Gasteiger partial charge in [0.15, 0.2) is 0 Å². The Morgan fingerprint density at radius 2 is 1.71 bits per heavy atom. The Labute approximate surface area is 143 Å². The molecule has 0 aliphatic heterocycles. The van der Waals surface area contributed by atoms with E-state index in [0.29, 0.717) is 13.2 Å². The third-order valence-electron chi connectivity index (χ3n) is 3.57.